The third-order valence-electron chi connectivity index (χ3n) is 14.9. The maximum Gasteiger partial charge on any atom is 0.397 e. The SMILES string of the molecule is CC(=O)N[C@H]1[C@H](O[C@H]2[C@H](O)[C@@H](OS(=O)(=O)O)[C@H](O[C@H]3[C@@H](OS(=O)(=O)O)[C@@H](CO)OC(O)[C@@H]3NC(C)=O)O[C@H]2C(C)=O)O[C@H](CO)[C@H](OS(=O)(=O)O)[C@@H]1O[C@@H]1O[C@@H](C(=O)O)[C@@H](O[C@@H]2O[C@H](CO)[C@H](OS(=O)(=O)O)[C@H](O[C@@H]3O[C@@H](C(=O)O)[C@@H](O)[C@H](O)[C@H]3OS(=O)(=O)O)[C@H]2NC(C)=O)[C@H](O)[C@H]1OS(=O)(=O)O. The second-order valence-electron chi connectivity index (χ2n) is 22.3. The van der Waals surface area contributed by atoms with Gasteiger partial charge in [0.1, 0.15) is 116 Å². The van der Waals surface area contributed by atoms with Crippen molar-refractivity contribution in [2.75, 3.05) is 19.8 Å². The molecular weight excluding hydrogens is 1570 g/mol. The first-order valence-electron chi connectivity index (χ1n) is 28.3. The van der Waals surface area contributed by atoms with Gasteiger partial charge in [-0.25, -0.2) is 34.7 Å². The van der Waals surface area contributed by atoms with E-state index in [0.717, 1.165) is 6.92 Å². The first-order valence-corrected chi connectivity index (χ1v) is 36.5. The summed E-state index contributed by atoms with van der Waals surface area (Å²) in [5.41, 5.74) is 0. The van der Waals surface area contributed by atoms with Crippen molar-refractivity contribution >= 4 is 97.8 Å². The number of carboxylic acids is 2. The summed E-state index contributed by atoms with van der Waals surface area (Å²) in [4.78, 5) is 77.8. The Labute approximate surface area is 578 Å². The van der Waals surface area contributed by atoms with Gasteiger partial charge in [0.15, 0.2) is 74.0 Å². The maximum atomic E-state index is 13.6. The molecule has 0 radical (unpaired) electrons. The molecule has 0 spiro atoms. The molecule has 60 heteroatoms. The molecule has 6 aliphatic heterocycles. The molecule has 0 aromatic rings. The zero-order valence-corrected chi connectivity index (χ0v) is 56.7. The molecule has 1 unspecified atom stereocenters. The molecular formula is C43H67N3O51S6. The Balaban J connectivity index is 1.47. The monoisotopic (exact) mass is 1630 g/mol. The van der Waals surface area contributed by atoms with Crippen LogP contribution in [0.5, 0.6) is 0 Å². The number of rotatable bonds is 31. The number of carbonyl (C=O) groups is 6. The van der Waals surface area contributed by atoms with Crippen LogP contribution in [0.25, 0.3) is 0 Å². The van der Waals surface area contributed by atoms with E-state index in [1.165, 1.54) is 0 Å². The van der Waals surface area contributed by atoms with E-state index >= 15 is 0 Å². The molecule has 0 saturated carbocycles. The van der Waals surface area contributed by atoms with Crippen molar-refractivity contribution in [1.82, 2.24) is 16.0 Å². The van der Waals surface area contributed by atoms with Crippen LogP contribution in [0, 0.1) is 0 Å². The van der Waals surface area contributed by atoms with Crippen molar-refractivity contribution in [3.8, 4) is 0 Å². The van der Waals surface area contributed by atoms with E-state index in [2.05, 4.69) is 20.9 Å². The van der Waals surface area contributed by atoms with Gasteiger partial charge in [-0.15, -0.1) is 0 Å². The lowest BCUT2D eigenvalue weighted by Crippen LogP contribution is -2.72. The number of aliphatic hydroxyl groups is 8. The Hall–Kier alpha value is -4.52. The molecule has 6 heterocycles. The van der Waals surface area contributed by atoms with Gasteiger partial charge < -0.3 is 119 Å². The van der Waals surface area contributed by atoms with Gasteiger partial charge in [0, 0.05) is 20.8 Å². The number of ketones is 1. The van der Waals surface area contributed by atoms with E-state index in [4.69, 9.17) is 56.3 Å². The van der Waals surface area contributed by atoms with Gasteiger partial charge in [0.2, 0.25) is 17.7 Å². The summed E-state index contributed by atoms with van der Waals surface area (Å²) >= 11 is 0. The maximum absolute atomic E-state index is 13.6. The molecule has 0 aromatic heterocycles. The van der Waals surface area contributed by atoms with Crippen LogP contribution in [0.1, 0.15) is 27.7 Å². The highest BCUT2D eigenvalue weighted by Crippen LogP contribution is 2.41. The number of nitrogens with one attached hydrogen (secondary N) is 3. The Bertz CT molecular complexity index is 3740. The minimum absolute atomic E-state index is 0.595. The van der Waals surface area contributed by atoms with Gasteiger partial charge in [-0.3, -0.25) is 46.5 Å². The highest BCUT2D eigenvalue weighted by Gasteiger charge is 2.63. The van der Waals surface area contributed by atoms with Gasteiger partial charge in [-0.2, -0.15) is 50.5 Å². The zero-order chi connectivity index (χ0) is 78.0. The number of ether oxygens (including phenoxy) is 11. The average Bonchev–Trinajstić information content (AvgIpc) is 0.767. The molecule has 3 amide bonds. The number of carboxylic acid groups (broad SMARTS) is 2. The van der Waals surface area contributed by atoms with Gasteiger partial charge in [-0.1, -0.05) is 0 Å². The molecule has 103 heavy (non-hydrogen) atoms. The Morgan fingerprint density at radius 1 is 0.320 bits per heavy atom. The van der Waals surface area contributed by atoms with Gasteiger partial charge in [-0.05, 0) is 6.92 Å². The first-order chi connectivity index (χ1) is 47.2. The molecule has 6 saturated heterocycles. The molecule has 6 rings (SSSR count). The lowest BCUT2D eigenvalue weighted by Gasteiger charge is -2.51. The van der Waals surface area contributed by atoms with Crippen LogP contribution < -0.4 is 16.0 Å². The van der Waals surface area contributed by atoms with E-state index in [1.807, 2.05) is 16.0 Å². The van der Waals surface area contributed by atoms with Crippen LogP contribution >= 0.6 is 0 Å². The molecule has 19 N–H and O–H groups in total. The highest BCUT2D eigenvalue weighted by atomic mass is 32.3. The predicted molar refractivity (Wildman–Crippen MR) is 301 cm³/mol. The number of Topliss-reactive ketones (excluding diaryl/α,β-unsaturated/α-hetero) is 1. The first kappa shape index (κ1) is 87.4. The van der Waals surface area contributed by atoms with E-state index < -0.39 is 302 Å². The normalized spacial score (nSPS) is 39.5. The third-order valence-corrected chi connectivity index (χ3v) is 17.7. The standard InChI is InChI=1S/C43H67N3O51S6/c1-8(50)22-29(20(56)33(96-102(75,76)77)42(84-22)85-26-15(44-9(2)51)38(62)81-12(5-47)23(26)92-98(63,64)65)88-39-16(45-10(3)52)28(25(13(6-48)82-39)94-100(69,70)71)87-43-34(97-103(78,79)80)21(57)30(35(91-43)37(60)61)89-40-17(46-11(4)53)27(24(14(7-49)83-40)93-99(66,67)68)86-41-32(95-101(72,73)74)19(55)18(54)31(90-41)36(58)59/h12-35,38-43,47-49,54-57,62H,5-7H2,1-4H3,(H,44,51)(H,45,52)(H,46,53)(H,58,59)(H,60,61)(H,63,64,65)(H,66,67,68)(H,69,70,71)(H,72,73,74)(H,75,76,77)(H,78,79,80)/t12-,13-,14-,15-,16-,17-,18+,19+,20+,21+,22+,23+,24+,25+,26-,27-,28-,29+,30+,31-,32-,33-,34-,35-,38?,39+,40+,41-,42+,43-/m1/s1. The van der Waals surface area contributed by atoms with Crippen LogP contribution in [0.2, 0.25) is 0 Å². The summed E-state index contributed by atoms with van der Waals surface area (Å²) in [6.07, 6.45) is -75.9. The van der Waals surface area contributed by atoms with Crippen molar-refractivity contribution in [1.29, 1.82) is 0 Å². The molecule has 0 aromatic carbocycles. The van der Waals surface area contributed by atoms with Crippen molar-refractivity contribution in [2.24, 2.45) is 0 Å². The number of hydrogen-bond acceptors (Lipinski definition) is 43. The molecule has 54 nitrogen and oxygen atoms in total. The summed E-state index contributed by atoms with van der Waals surface area (Å²) in [5, 5.41) is 114. The van der Waals surface area contributed by atoms with Crippen LogP contribution in [0.15, 0.2) is 0 Å². The molecule has 596 valence electrons. The van der Waals surface area contributed by atoms with E-state index in [9.17, 15) is 158 Å². The minimum atomic E-state index is -6.25. The van der Waals surface area contributed by atoms with Crippen molar-refractivity contribution in [3.05, 3.63) is 0 Å². The predicted octanol–water partition coefficient (Wildman–Crippen LogP) is -13.9. The van der Waals surface area contributed by atoms with Gasteiger partial charge >= 0.3 is 74.3 Å². The third kappa shape index (κ3) is 23.3. The Kier molecular flexibility index (Phi) is 29.2. The smallest absolute Gasteiger partial charge is 0.397 e. The summed E-state index contributed by atoms with van der Waals surface area (Å²) in [5.74, 6) is -9.98. The molecule has 0 bridgehead atoms. The summed E-state index contributed by atoms with van der Waals surface area (Å²) < 4.78 is 296. The van der Waals surface area contributed by atoms with E-state index in [0.29, 0.717) is 20.8 Å². The number of amides is 3. The number of aliphatic carboxylic acids is 2. The summed E-state index contributed by atoms with van der Waals surface area (Å²) in [7, 11) is -36.0. The fourth-order valence-electron chi connectivity index (χ4n) is 11.2. The van der Waals surface area contributed by atoms with E-state index in [-0.39, 0.29) is 0 Å². The Morgan fingerprint density at radius 2 is 0.583 bits per heavy atom. The van der Waals surface area contributed by atoms with E-state index in [1.54, 1.807) is 0 Å². The van der Waals surface area contributed by atoms with Gasteiger partial charge in [0.05, 0.1) is 19.8 Å². The summed E-state index contributed by atoms with van der Waals surface area (Å²) in [6.45, 7) is -2.13. The van der Waals surface area contributed by atoms with Crippen LogP contribution in [-0.4, -0.2) is 368 Å². The highest BCUT2D eigenvalue weighted by molar-refractivity contribution is 7.82. The quantitative estimate of drug-likeness (QED) is 0.0287. The number of carbonyl (C=O) groups excluding carboxylic acids is 4. The number of aliphatic hydroxyl groups excluding tert-OH is 8. The van der Waals surface area contributed by atoms with Crippen molar-refractivity contribution in [2.45, 2.75) is 212 Å². The van der Waals surface area contributed by atoms with Gasteiger partial charge in [0.25, 0.3) is 0 Å². The van der Waals surface area contributed by atoms with Crippen molar-refractivity contribution in [3.63, 3.8) is 0 Å². The topological polar surface area (TPSA) is 824 Å². The number of hydrogen-bond donors (Lipinski definition) is 19. The lowest BCUT2D eigenvalue weighted by molar-refractivity contribution is -0.372. The van der Waals surface area contributed by atoms with Crippen LogP contribution in [0.4, 0.5) is 0 Å². The largest absolute Gasteiger partial charge is 0.479 e. The van der Waals surface area contributed by atoms with Crippen LogP contribution in [-0.2, 0) is 168 Å². The van der Waals surface area contributed by atoms with Crippen LogP contribution in [0.3, 0.4) is 0 Å². The second kappa shape index (κ2) is 34.4. The molecule has 30 atom stereocenters. The second-order valence-corrected chi connectivity index (χ2v) is 28.6. The molecule has 0 aliphatic carbocycles. The Morgan fingerprint density at radius 3 is 0.883 bits per heavy atom. The molecule has 6 fully saturated rings. The molecule has 6 aliphatic rings. The fraction of sp³-hybridized carbons (Fsp3) is 0.860. The minimum Gasteiger partial charge on any atom is -0.479 e. The zero-order valence-electron chi connectivity index (χ0n) is 51.8. The lowest BCUT2D eigenvalue weighted by atomic mass is 9.93. The fourth-order valence-corrected chi connectivity index (χ4v) is 14.2. The average molecular weight is 1630 g/mol. The summed E-state index contributed by atoms with van der Waals surface area (Å²) in [6, 6.07) is -7.49. The van der Waals surface area contributed by atoms with Crippen molar-refractivity contribution < 1.29 is 235 Å².